The molecule has 8 aliphatic rings. The molecular formula is C47H76O17. The molecule has 3 saturated heterocycles. The Bertz CT molecular complexity index is 1760. The highest BCUT2D eigenvalue weighted by atomic mass is 16.8. The van der Waals surface area contributed by atoms with Gasteiger partial charge in [0.15, 0.2) is 18.9 Å². The third-order valence-corrected chi connectivity index (χ3v) is 18.9. The molecule has 17 nitrogen and oxygen atoms in total. The number of carbonyl (C=O) groups is 1. The molecule has 0 radical (unpaired) electrons. The standard InChI is InChI=1S/C47H76O17/c1-21-29(51)32(54)34(56)38(60-21)62-35-30(52)25(50)20-59-39(35)63-36-33(55)31(53)26(19-48)61-40(36)64-37-24(49)18-44(6)27(43(37,4)5)11-12-46(8)28(44)10-9-22-23-17-42(2,3)13-15-47(23,41(57)58)16-14-45(22,46)7/h9,21,23-40,48-56H,10-20H2,1-8H3,(H,57,58)/t21-,23-,24-,25-,26+,27-,28+,29-,30-,31+,32+,33-,34+,35+,36+,37-,38-,39-,40-,44-,45+,46+,47-/m0/s1. The third-order valence-electron chi connectivity index (χ3n) is 18.9. The van der Waals surface area contributed by atoms with E-state index in [1.807, 2.05) is 0 Å². The van der Waals surface area contributed by atoms with Gasteiger partial charge in [0.2, 0.25) is 0 Å². The van der Waals surface area contributed by atoms with E-state index in [0.29, 0.717) is 19.3 Å². The van der Waals surface area contributed by atoms with E-state index in [-0.39, 0.29) is 39.4 Å². The molecular weight excluding hydrogens is 837 g/mol. The number of hydrogen-bond acceptors (Lipinski definition) is 16. The Kier molecular flexibility index (Phi) is 13.0. The largest absolute Gasteiger partial charge is 0.481 e. The molecule has 64 heavy (non-hydrogen) atoms. The fourth-order valence-electron chi connectivity index (χ4n) is 14.9. The first-order valence-corrected chi connectivity index (χ1v) is 23.7. The number of fused-ring (bicyclic) bond motifs is 7. The molecule has 8 rings (SSSR count). The van der Waals surface area contributed by atoms with Crippen LogP contribution >= 0.6 is 0 Å². The van der Waals surface area contributed by atoms with Gasteiger partial charge in [-0.25, -0.2) is 0 Å². The number of aliphatic hydroxyl groups is 9. The minimum absolute atomic E-state index is 0.0294. The molecule has 0 aromatic rings. The summed E-state index contributed by atoms with van der Waals surface area (Å²) in [6.45, 7) is 16.0. The molecule has 0 bridgehead atoms. The number of rotatable bonds is 8. The van der Waals surface area contributed by atoms with Crippen molar-refractivity contribution in [2.45, 2.75) is 211 Å². The van der Waals surface area contributed by atoms with Crippen molar-refractivity contribution in [1.29, 1.82) is 0 Å². The van der Waals surface area contributed by atoms with Crippen LogP contribution in [0.5, 0.6) is 0 Å². The van der Waals surface area contributed by atoms with E-state index in [1.54, 1.807) is 0 Å². The zero-order chi connectivity index (χ0) is 46.9. The Morgan fingerprint density at radius 1 is 0.703 bits per heavy atom. The van der Waals surface area contributed by atoms with Gasteiger partial charge in [0.05, 0.1) is 36.9 Å². The van der Waals surface area contributed by atoms with Crippen molar-refractivity contribution in [3.8, 4) is 0 Å². The molecule has 23 atom stereocenters. The maximum atomic E-state index is 13.1. The first kappa shape index (κ1) is 49.0. The minimum atomic E-state index is -1.78. The first-order valence-electron chi connectivity index (χ1n) is 23.7. The zero-order valence-electron chi connectivity index (χ0n) is 38.7. The van der Waals surface area contributed by atoms with Crippen LogP contribution in [0.25, 0.3) is 0 Å². The summed E-state index contributed by atoms with van der Waals surface area (Å²) in [6, 6.07) is 0. The van der Waals surface area contributed by atoms with Crippen molar-refractivity contribution in [1.82, 2.24) is 0 Å². The predicted molar refractivity (Wildman–Crippen MR) is 225 cm³/mol. The van der Waals surface area contributed by atoms with Crippen LogP contribution < -0.4 is 0 Å². The molecule has 0 amide bonds. The van der Waals surface area contributed by atoms with Crippen molar-refractivity contribution < 1.29 is 84.3 Å². The molecule has 17 heteroatoms. The molecule has 5 aliphatic carbocycles. The molecule has 0 aromatic heterocycles. The van der Waals surface area contributed by atoms with E-state index in [0.717, 1.165) is 38.5 Å². The van der Waals surface area contributed by atoms with Gasteiger partial charge in [0, 0.05) is 0 Å². The van der Waals surface area contributed by atoms with Gasteiger partial charge in [0.1, 0.15) is 61.0 Å². The maximum absolute atomic E-state index is 13.1. The maximum Gasteiger partial charge on any atom is 0.310 e. The Labute approximate surface area is 376 Å². The second-order valence-electron chi connectivity index (χ2n) is 23.2. The van der Waals surface area contributed by atoms with Gasteiger partial charge in [-0.05, 0) is 110 Å². The van der Waals surface area contributed by atoms with Crippen LogP contribution in [0.15, 0.2) is 11.6 Å². The summed E-state index contributed by atoms with van der Waals surface area (Å²) < 4.78 is 36.4. The molecule has 3 heterocycles. The number of aliphatic carboxylic acids is 1. The number of hydrogen-bond donors (Lipinski definition) is 10. The van der Waals surface area contributed by atoms with Crippen molar-refractivity contribution >= 4 is 5.97 Å². The Morgan fingerprint density at radius 2 is 1.36 bits per heavy atom. The van der Waals surface area contributed by atoms with Gasteiger partial charge in [-0.1, -0.05) is 60.1 Å². The lowest BCUT2D eigenvalue weighted by Gasteiger charge is -2.71. The van der Waals surface area contributed by atoms with Gasteiger partial charge in [-0.15, -0.1) is 0 Å². The van der Waals surface area contributed by atoms with Crippen molar-refractivity contribution in [2.24, 2.45) is 50.2 Å². The second kappa shape index (κ2) is 16.9. The van der Waals surface area contributed by atoms with Crippen molar-refractivity contribution in [3.05, 3.63) is 11.6 Å². The van der Waals surface area contributed by atoms with Crippen LogP contribution in [0.3, 0.4) is 0 Å². The number of aliphatic hydroxyl groups excluding tert-OH is 9. The van der Waals surface area contributed by atoms with Crippen LogP contribution in [0.2, 0.25) is 0 Å². The minimum Gasteiger partial charge on any atom is -0.481 e. The highest BCUT2D eigenvalue weighted by molar-refractivity contribution is 5.76. The molecule has 10 N–H and O–H groups in total. The van der Waals surface area contributed by atoms with Crippen molar-refractivity contribution in [3.63, 3.8) is 0 Å². The molecule has 0 spiro atoms. The lowest BCUT2D eigenvalue weighted by molar-refractivity contribution is -0.391. The van der Waals surface area contributed by atoms with Crippen LogP contribution in [0, 0.1) is 50.2 Å². The fourth-order valence-corrected chi connectivity index (χ4v) is 14.9. The summed E-state index contributed by atoms with van der Waals surface area (Å²) in [5.41, 5.74) is -0.890. The third kappa shape index (κ3) is 7.49. The number of carboxylic acids is 1. The predicted octanol–water partition coefficient (Wildman–Crippen LogP) is 1.34. The average molecular weight is 913 g/mol. The zero-order valence-corrected chi connectivity index (χ0v) is 38.7. The van der Waals surface area contributed by atoms with E-state index in [1.165, 1.54) is 12.5 Å². The lowest BCUT2D eigenvalue weighted by Crippen LogP contribution is -2.69. The smallest absolute Gasteiger partial charge is 0.310 e. The van der Waals surface area contributed by atoms with E-state index < -0.39 is 128 Å². The summed E-state index contributed by atoms with van der Waals surface area (Å²) in [4.78, 5) is 13.1. The van der Waals surface area contributed by atoms with E-state index in [4.69, 9.17) is 28.4 Å². The van der Waals surface area contributed by atoms with E-state index in [2.05, 4.69) is 54.5 Å². The number of carboxylic acid groups (broad SMARTS) is 1. The van der Waals surface area contributed by atoms with Gasteiger partial charge in [-0.2, -0.15) is 0 Å². The molecule has 366 valence electrons. The lowest BCUT2D eigenvalue weighted by atomic mass is 9.33. The Hall–Kier alpha value is -1.39. The van der Waals surface area contributed by atoms with Gasteiger partial charge in [-0.3, -0.25) is 4.79 Å². The number of allylic oxidation sites excluding steroid dienone is 2. The van der Waals surface area contributed by atoms with Gasteiger partial charge >= 0.3 is 5.97 Å². The quantitative estimate of drug-likeness (QED) is 0.122. The number of ether oxygens (including phenoxy) is 6. The van der Waals surface area contributed by atoms with Crippen LogP contribution in [-0.4, -0.2) is 168 Å². The van der Waals surface area contributed by atoms with E-state index >= 15 is 0 Å². The van der Waals surface area contributed by atoms with Crippen LogP contribution in [0.4, 0.5) is 0 Å². The summed E-state index contributed by atoms with van der Waals surface area (Å²) in [7, 11) is 0. The monoisotopic (exact) mass is 913 g/mol. The summed E-state index contributed by atoms with van der Waals surface area (Å²) in [6.07, 6.45) is -14.7. The van der Waals surface area contributed by atoms with Gasteiger partial charge in [0.25, 0.3) is 0 Å². The highest BCUT2D eigenvalue weighted by Crippen LogP contribution is 2.76. The Balaban J connectivity index is 1.06. The fraction of sp³-hybridized carbons (Fsp3) is 0.936. The molecule has 7 fully saturated rings. The SMILES string of the molecule is C[C@@H]1O[C@@H](O[C@H]2[C@H](O[C@H]3[C@H](O[C@H]4[C@@H](O)C[C@]5(C)[C@H]6CC=C7[C@@H]8CC(C)(C)CC[C@]8(C(=O)O)CC[C@@]7(C)[C@]6(C)CC[C@H]5C4(C)C)O[C@H](CO)[C@@H](O)[C@@H]3O)OC[C@H](O)[C@@H]2O)[C@H](O)[C@H](O)[C@H]1O. The van der Waals surface area contributed by atoms with E-state index in [9.17, 15) is 55.9 Å². The van der Waals surface area contributed by atoms with Crippen LogP contribution in [0.1, 0.15) is 113 Å². The Morgan fingerprint density at radius 3 is 2.03 bits per heavy atom. The van der Waals surface area contributed by atoms with Crippen molar-refractivity contribution in [2.75, 3.05) is 13.2 Å². The highest BCUT2D eigenvalue weighted by Gasteiger charge is 2.71. The molecule has 0 unspecified atom stereocenters. The normalized spacial score (nSPS) is 54.6. The molecule has 0 aromatic carbocycles. The first-order chi connectivity index (χ1) is 29.8. The summed E-state index contributed by atoms with van der Waals surface area (Å²) >= 11 is 0. The topological polar surface area (TPSA) is 275 Å². The summed E-state index contributed by atoms with van der Waals surface area (Å²) in [5.74, 6) is -0.515. The molecule has 4 saturated carbocycles. The summed E-state index contributed by atoms with van der Waals surface area (Å²) in [5, 5.41) is 109. The van der Waals surface area contributed by atoms with Crippen LogP contribution in [-0.2, 0) is 33.2 Å². The van der Waals surface area contributed by atoms with Gasteiger partial charge < -0.3 is 79.5 Å². The average Bonchev–Trinajstić information content (AvgIpc) is 3.22. The second-order valence-corrected chi connectivity index (χ2v) is 23.2. The molecule has 3 aliphatic heterocycles.